The maximum Gasteiger partial charge on any atom is 0.149 e. The van der Waals surface area contributed by atoms with Gasteiger partial charge in [0.25, 0.3) is 0 Å². The van der Waals surface area contributed by atoms with E-state index in [-0.39, 0.29) is 6.23 Å². The topological polar surface area (TPSA) is 12.5 Å². The molecule has 0 aliphatic carbocycles. The van der Waals surface area contributed by atoms with E-state index in [1.54, 1.807) is 7.11 Å². The van der Waals surface area contributed by atoms with Crippen LogP contribution >= 0.6 is 0 Å². The minimum atomic E-state index is 0.0647. The lowest BCUT2D eigenvalue weighted by Crippen LogP contribution is -2.33. The predicted molar refractivity (Wildman–Crippen MR) is 54.7 cm³/mol. The smallest absolute Gasteiger partial charge is 0.149 e. The second-order valence-corrected chi connectivity index (χ2v) is 3.16. The quantitative estimate of drug-likeness (QED) is 0.648. The molecule has 1 aliphatic rings. The van der Waals surface area contributed by atoms with E-state index < -0.39 is 0 Å². The molecule has 2 heteroatoms. The third-order valence-electron chi connectivity index (χ3n) is 2.38. The molecule has 0 fully saturated rings. The summed E-state index contributed by atoms with van der Waals surface area (Å²) in [5.41, 5.74) is 2.47. The number of anilines is 1. The first-order valence-electron chi connectivity index (χ1n) is 4.36. The molecule has 1 aliphatic heterocycles. The predicted octanol–water partition coefficient (Wildman–Crippen LogP) is 2.12. The van der Waals surface area contributed by atoms with Crippen molar-refractivity contribution < 1.29 is 4.74 Å². The molecule has 2 nitrogen and oxygen atoms in total. The fourth-order valence-electron chi connectivity index (χ4n) is 1.64. The number of nitrogens with zero attached hydrogens (tertiary/aromatic N) is 1. The lowest BCUT2D eigenvalue weighted by atomic mass is 10.1. The summed E-state index contributed by atoms with van der Waals surface area (Å²) in [7, 11) is 3.76. The molecule has 2 rings (SSSR count). The molecule has 0 saturated carbocycles. The molecule has 13 heavy (non-hydrogen) atoms. The van der Waals surface area contributed by atoms with E-state index in [1.807, 2.05) is 19.2 Å². The zero-order chi connectivity index (χ0) is 9.26. The molecular weight excluding hydrogens is 162 g/mol. The number of likely N-dealkylation sites (N-methyl/N-ethyl adjacent to an activating group) is 1. The Morgan fingerprint density at radius 3 is 2.85 bits per heavy atom. The molecule has 0 aromatic heterocycles. The van der Waals surface area contributed by atoms with Gasteiger partial charge in [0.15, 0.2) is 0 Å². The molecule has 0 N–H and O–H groups in total. The Labute approximate surface area is 78.4 Å². The number of benzene rings is 1. The Morgan fingerprint density at radius 1 is 1.31 bits per heavy atom. The maximum atomic E-state index is 5.30. The lowest BCUT2D eigenvalue weighted by molar-refractivity contribution is 0.141. The van der Waals surface area contributed by atoms with E-state index in [1.165, 1.54) is 11.3 Å². The molecular formula is C11H13NO. The van der Waals surface area contributed by atoms with Crippen molar-refractivity contribution in [2.75, 3.05) is 19.1 Å². The van der Waals surface area contributed by atoms with Crippen LogP contribution in [0, 0.1) is 0 Å². The average Bonchev–Trinajstić information content (AvgIpc) is 2.19. The van der Waals surface area contributed by atoms with Crippen molar-refractivity contribution in [1.29, 1.82) is 0 Å². The molecule has 0 bridgehead atoms. The molecule has 68 valence electrons. The number of fused-ring (bicyclic) bond motifs is 1. The van der Waals surface area contributed by atoms with Gasteiger partial charge in [-0.2, -0.15) is 0 Å². The number of hydrogen-bond acceptors (Lipinski definition) is 2. The zero-order valence-electron chi connectivity index (χ0n) is 7.90. The third kappa shape index (κ3) is 1.33. The summed E-state index contributed by atoms with van der Waals surface area (Å²) in [6.45, 7) is 0. The zero-order valence-corrected chi connectivity index (χ0v) is 7.90. The Morgan fingerprint density at radius 2 is 2.08 bits per heavy atom. The van der Waals surface area contributed by atoms with E-state index in [9.17, 15) is 0 Å². The van der Waals surface area contributed by atoms with Gasteiger partial charge in [-0.05, 0) is 17.7 Å². The highest BCUT2D eigenvalue weighted by atomic mass is 16.5. The molecule has 1 aromatic carbocycles. The van der Waals surface area contributed by atoms with Crippen LogP contribution in [0.5, 0.6) is 0 Å². The second kappa shape index (κ2) is 3.23. The number of hydrogen-bond donors (Lipinski definition) is 0. The lowest BCUT2D eigenvalue weighted by Gasteiger charge is -2.30. The van der Waals surface area contributed by atoms with Crippen molar-refractivity contribution in [3.05, 3.63) is 35.9 Å². The van der Waals surface area contributed by atoms with Gasteiger partial charge in [0.2, 0.25) is 0 Å². The molecule has 0 amide bonds. The van der Waals surface area contributed by atoms with E-state index in [2.05, 4.69) is 29.2 Å². The number of ether oxygens (including phenoxy) is 1. The Balaban J connectivity index is 2.42. The first-order chi connectivity index (χ1) is 6.33. The molecule has 0 radical (unpaired) electrons. The van der Waals surface area contributed by atoms with Crippen molar-refractivity contribution >= 4 is 11.8 Å². The van der Waals surface area contributed by atoms with Gasteiger partial charge >= 0.3 is 0 Å². The fourth-order valence-corrected chi connectivity index (χ4v) is 1.64. The Hall–Kier alpha value is -1.28. The third-order valence-corrected chi connectivity index (χ3v) is 2.38. The van der Waals surface area contributed by atoms with Gasteiger partial charge in [-0.3, -0.25) is 0 Å². The SMILES string of the molecule is COC1C=Cc2ccccc2N1C. The van der Waals surface area contributed by atoms with Gasteiger partial charge in [0.1, 0.15) is 6.23 Å². The van der Waals surface area contributed by atoms with Gasteiger partial charge in [0.05, 0.1) is 0 Å². The molecule has 0 saturated heterocycles. The van der Waals surface area contributed by atoms with Gasteiger partial charge in [-0.1, -0.05) is 24.3 Å². The van der Waals surface area contributed by atoms with E-state index in [0.29, 0.717) is 0 Å². The summed E-state index contributed by atoms with van der Waals surface area (Å²) in [5.74, 6) is 0. The first kappa shape index (κ1) is 8.32. The fraction of sp³-hybridized carbons (Fsp3) is 0.273. The van der Waals surface area contributed by atoms with Crippen LogP contribution in [0.25, 0.3) is 6.08 Å². The van der Waals surface area contributed by atoms with Crippen molar-refractivity contribution in [2.24, 2.45) is 0 Å². The summed E-state index contributed by atoms with van der Waals surface area (Å²) >= 11 is 0. The summed E-state index contributed by atoms with van der Waals surface area (Å²) in [6.07, 6.45) is 4.22. The minimum absolute atomic E-state index is 0.0647. The van der Waals surface area contributed by atoms with Crippen LogP contribution in [-0.4, -0.2) is 20.4 Å². The van der Waals surface area contributed by atoms with Crippen LogP contribution in [0.1, 0.15) is 5.56 Å². The molecule has 1 heterocycles. The largest absolute Gasteiger partial charge is 0.358 e. The standard InChI is InChI=1S/C11H13NO/c1-12-10-6-4-3-5-9(10)7-8-11(12)13-2/h3-8,11H,1-2H3. The van der Waals surface area contributed by atoms with Crippen LogP contribution in [0.4, 0.5) is 5.69 Å². The van der Waals surface area contributed by atoms with Crippen LogP contribution < -0.4 is 4.90 Å². The first-order valence-corrected chi connectivity index (χ1v) is 4.36. The van der Waals surface area contributed by atoms with Crippen LogP contribution in [0.3, 0.4) is 0 Å². The second-order valence-electron chi connectivity index (χ2n) is 3.16. The normalized spacial score (nSPS) is 20.2. The van der Waals surface area contributed by atoms with Crippen molar-refractivity contribution in [3.63, 3.8) is 0 Å². The summed E-state index contributed by atoms with van der Waals surface area (Å²) in [6, 6.07) is 8.30. The molecule has 1 atom stereocenters. The van der Waals surface area contributed by atoms with Crippen molar-refractivity contribution in [1.82, 2.24) is 0 Å². The maximum absolute atomic E-state index is 5.30. The highest BCUT2D eigenvalue weighted by Crippen LogP contribution is 2.27. The minimum Gasteiger partial charge on any atom is -0.358 e. The van der Waals surface area contributed by atoms with Gasteiger partial charge in [-0.25, -0.2) is 0 Å². The highest BCUT2D eigenvalue weighted by Gasteiger charge is 2.16. The Kier molecular flexibility index (Phi) is 2.07. The van der Waals surface area contributed by atoms with Gasteiger partial charge in [-0.15, -0.1) is 0 Å². The number of methoxy groups -OCH3 is 1. The van der Waals surface area contributed by atoms with Gasteiger partial charge in [0, 0.05) is 19.8 Å². The van der Waals surface area contributed by atoms with Crippen molar-refractivity contribution in [2.45, 2.75) is 6.23 Å². The summed E-state index contributed by atoms with van der Waals surface area (Å²) in [4.78, 5) is 2.12. The summed E-state index contributed by atoms with van der Waals surface area (Å²) in [5, 5.41) is 0. The average molecular weight is 175 g/mol. The monoisotopic (exact) mass is 175 g/mol. The molecule has 0 spiro atoms. The molecule has 1 aromatic rings. The molecule has 1 unspecified atom stereocenters. The summed E-state index contributed by atoms with van der Waals surface area (Å²) < 4.78 is 5.30. The van der Waals surface area contributed by atoms with E-state index in [0.717, 1.165) is 0 Å². The van der Waals surface area contributed by atoms with Crippen LogP contribution in [0.2, 0.25) is 0 Å². The van der Waals surface area contributed by atoms with E-state index in [4.69, 9.17) is 4.74 Å². The van der Waals surface area contributed by atoms with Crippen molar-refractivity contribution in [3.8, 4) is 0 Å². The number of para-hydroxylation sites is 1. The van der Waals surface area contributed by atoms with Crippen LogP contribution in [0.15, 0.2) is 30.3 Å². The highest BCUT2D eigenvalue weighted by molar-refractivity contribution is 5.71. The van der Waals surface area contributed by atoms with E-state index >= 15 is 0 Å². The Bertz CT molecular complexity index is 333. The van der Waals surface area contributed by atoms with Crippen LogP contribution in [-0.2, 0) is 4.74 Å². The van der Waals surface area contributed by atoms with Gasteiger partial charge < -0.3 is 9.64 Å². The number of rotatable bonds is 1.